The highest BCUT2D eigenvalue weighted by Gasteiger charge is 2.24. The molecule has 0 radical (unpaired) electrons. The van der Waals surface area contributed by atoms with Gasteiger partial charge in [-0.1, -0.05) is 11.6 Å². The number of sulfonamides is 1. The first kappa shape index (κ1) is 19.8. The molecule has 0 aliphatic carbocycles. The minimum absolute atomic E-state index is 0.0947. The Labute approximate surface area is 155 Å². The fraction of sp³-hybridized carbons (Fsp3) is 0.250. The molecule has 0 aliphatic heterocycles. The Balaban J connectivity index is 2.59. The third kappa shape index (κ3) is 3.83. The van der Waals surface area contributed by atoms with Gasteiger partial charge in [-0.3, -0.25) is 14.8 Å². The summed E-state index contributed by atoms with van der Waals surface area (Å²) < 4.78 is 38.3. The van der Waals surface area contributed by atoms with Gasteiger partial charge in [-0.05, 0) is 25.0 Å². The minimum atomic E-state index is -4.13. The molecule has 10 heteroatoms. The van der Waals surface area contributed by atoms with Crippen LogP contribution in [-0.4, -0.2) is 27.6 Å². The number of benzene rings is 2. The Morgan fingerprint density at radius 2 is 1.69 bits per heavy atom. The molecule has 2 rings (SSSR count). The topological polar surface area (TPSA) is 108 Å². The Kier molecular flexibility index (Phi) is 5.62. The molecule has 0 fully saturated rings. The molecule has 0 aromatic heterocycles. The van der Waals surface area contributed by atoms with E-state index in [-0.39, 0.29) is 32.8 Å². The van der Waals surface area contributed by atoms with Crippen LogP contribution in [0.1, 0.15) is 11.1 Å². The molecule has 1 N–H and O–H groups in total. The van der Waals surface area contributed by atoms with Crippen LogP contribution in [0.5, 0.6) is 11.5 Å². The second-order valence-electron chi connectivity index (χ2n) is 5.44. The molecule has 0 spiro atoms. The number of hydrogen-bond acceptors (Lipinski definition) is 6. The fourth-order valence-electron chi connectivity index (χ4n) is 2.33. The quantitative estimate of drug-likeness (QED) is 0.585. The van der Waals surface area contributed by atoms with Crippen LogP contribution in [0.25, 0.3) is 0 Å². The molecule has 0 saturated carbocycles. The summed E-state index contributed by atoms with van der Waals surface area (Å²) in [6.07, 6.45) is 0. The van der Waals surface area contributed by atoms with Crippen molar-refractivity contribution in [1.29, 1.82) is 0 Å². The summed E-state index contributed by atoms with van der Waals surface area (Å²) in [7, 11) is -1.38. The fourth-order valence-corrected chi connectivity index (χ4v) is 3.96. The molecule has 0 unspecified atom stereocenters. The number of nitrogens with zero attached hydrogens (tertiary/aromatic N) is 1. The zero-order valence-electron chi connectivity index (χ0n) is 14.5. The summed E-state index contributed by atoms with van der Waals surface area (Å²) in [5, 5.41) is 11.3. The first-order valence-electron chi connectivity index (χ1n) is 7.30. The Hall–Kier alpha value is -2.52. The van der Waals surface area contributed by atoms with Crippen LogP contribution in [0.2, 0.25) is 5.02 Å². The number of hydrogen-bond donors (Lipinski definition) is 1. The van der Waals surface area contributed by atoms with E-state index in [1.807, 2.05) is 0 Å². The number of aryl methyl sites for hydroxylation is 1. The molecule has 8 nitrogen and oxygen atoms in total. The number of halogens is 1. The predicted octanol–water partition coefficient (Wildman–Crippen LogP) is 3.68. The van der Waals surface area contributed by atoms with Crippen molar-refractivity contribution in [2.45, 2.75) is 18.7 Å². The number of rotatable bonds is 6. The van der Waals surface area contributed by atoms with Crippen LogP contribution in [-0.2, 0) is 10.0 Å². The highest BCUT2D eigenvalue weighted by Crippen LogP contribution is 2.37. The molecule has 2 aromatic rings. The van der Waals surface area contributed by atoms with E-state index in [0.29, 0.717) is 11.1 Å². The maximum atomic E-state index is 12.8. The first-order valence-corrected chi connectivity index (χ1v) is 9.16. The van der Waals surface area contributed by atoms with Crippen molar-refractivity contribution in [2.75, 3.05) is 18.9 Å². The molecule has 0 heterocycles. The summed E-state index contributed by atoms with van der Waals surface area (Å²) in [4.78, 5) is 10.2. The van der Waals surface area contributed by atoms with E-state index < -0.39 is 14.9 Å². The molecule has 140 valence electrons. The summed E-state index contributed by atoms with van der Waals surface area (Å²) in [5.74, 6) is 0.427. The molecular weight excluding hydrogens is 384 g/mol. The SMILES string of the molecule is COc1cc(NS(=O)(=O)c2cc([N+](=O)[O-])cc(C)c2C)c(OC)cc1Cl. The van der Waals surface area contributed by atoms with Gasteiger partial charge in [-0.2, -0.15) is 0 Å². The van der Waals surface area contributed by atoms with Crippen molar-refractivity contribution < 1.29 is 22.8 Å². The number of ether oxygens (including phenoxy) is 2. The highest BCUT2D eigenvalue weighted by molar-refractivity contribution is 7.92. The summed E-state index contributed by atoms with van der Waals surface area (Å²) in [5.41, 5.74) is 0.676. The molecule has 0 bridgehead atoms. The highest BCUT2D eigenvalue weighted by atomic mass is 35.5. The lowest BCUT2D eigenvalue weighted by atomic mass is 10.1. The lowest BCUT2D eigenvalue weighted by Gasteiger charge is -2.16. The van der Waals surface area contributed by atoms with Gasteiger partial charge in [0.2, 0.25) is 0 Å². The average Bonchev–Trinajstić information content (AvgIpc) is 2.57. The minimum Gasteiger partial charge on any atom is -0.495 e. The second-order valence-corrected chi connectivity index (χ2v) is 7.49. The van der Waals surface area contributed by atoms with Gasteiger partial charge in [-0.15, -0.1) is 0 Å². The van der Waals surface area contributed by atoms with Crippen molar-refractivity contribution in [3.05, 3.63) is 50.5 Å². The van der Waals surface area contributed by atoms with E-state index in [9.17, 15) is 18.5 Å². The van der Waals surface area contributed by atoms with Crippen molar-refractivity contribution in [1.82, 2.24) is 0 Å². The number of anilines is 1. The van der Waals surface area contributed by atoms with E-state index >= 15 is 0 Å². The van der Waals surface area contributed by atoms with Gasteiger partial charge in [0.15, 0.2) is 0 Å². The maximum Gasteiger partial charge on any atom is 0.271 e. The maximum absolute atomic E-state index is 12.8. The van der Waals surface area contributed by atoms with Crippen molar-refractivity contribution >= 4 is 33.0 Å². The third-order valence-electron chi connectivity index (χ3n) is 3.82. The molecule has 0 amide bonds. The van der Waals surface area contributed by atoms with E-state index in [2.05, 4.69) is 4.72 Å². The summed E-state index contributed by atoms with van der Waals surface area (Å²) in [6.45, 7) is 3.18. The van der Waals surface area contributed by atoms with Gasteiger partial charge in [0, 0.05) is 24.3 Å². The monoisotopic (exact) mass is 400 g/mol. The second kappa shape index (κ2) is 7.38. The Morgan fingerprint density at radius 3 is 2.23 bits per heavy atom. The van der Waals surface area contributed by atoms with Crippen LogP contribution >= 0.6 is 11.6 Å². The lowest BCUT2D eigenvalue weighted by molar-refractivity contribution is -0.385. The zero-order chi connectivity index (χ0) is 19.6. The first-order chi connectivity index (χ1) is 12.1. The number of non-ortho nitro benzene ring substituents is 1. The largest absolute Gasteiger partial charge is 0.495 e. The van der Waals surface area contributed by atoms with Gasteiger partial charge < -0.3 is 9.47 Å². The molecule has 0 aliphatic rings. The zero-order valence-corrected chi connectivity index (χ0v) is 16.1. The van der Waals surface area contributed by atoms with E-state index in [1.165, 1.54) is 32.4 Å². The number of methoxy groups -OCH3 is 2. The van der Waals surface area contributed by atoms with Gasteiger partial charge >= 0.3 is 0 Å². The molecule has 0 saturated heterocycles. The summed E-state index contributed by atoms with van der Waals surface area (Å²) >= 11 is 6.01. The lowest BCUT2D eigenvalue weighted by Crippen LogP contribution is -2.16. The van der Waals surface area contributed by atoms with Crippen LogP contribution in [0.15, 0.2) is 29.2 Å². The van der Waals surface area contributed by atoms with Crippen LogP contribution in [0, 0.1) is 24.0 Å². The standard InChI is InChI=1S/C16H17ClN2O6S/c1-9-5-11(19(20)21)6-16(10(9)2)26(22,23)18-13-8-14(24-3)12(17)7-15(13)25-4/h5-8,18H,1-4H3. The average molecular weight is 401 g/mol. The van der Waals surface area contributed by atoms with Crippen molar-refractivity contribution in [3.63, 3.8) is 0 Å². The Morgan fingerprint density at radius 1 is 1.08 bits per heavy atom. The van der Waals surface area contributed by atoms with Gasteiger partial charge in [0.05, 0.1) is 34.7 Å². The van der Waals surface area contributed by atoms with Crippen molar-refractivity contribution in [2.24, 2.45) is 0 Å². The summed E-state index contributed by atoms with van der Waals surface area (Å²) in [6, 6.07) is 5.12. The van der Waals surface area contributed by atoms with Gasteiger partial charge in [0.25, 0.3) is 15.7 Å². The van der Waals surface area contributed by atoms with E-state index in [4.69, 9.17) is 21.1 Å². The van der Waals surface area contributed by atoms with E-state index in [0.717, 1.165) is 6.07 Å². The normalized spacial score (nSPS) is 11.1. The van der Waals surface area contributed by atoms with Gasteiger partial charge in [-0.25, -0.2) is 8.42 Å². The van der Waals surface area contributed by atoms with E-state index in [1.54, 1.807) is 13.8 Å². The third-order valence-corrected chi connectivity index (χ3v) is 5.61. The van der Waals surface area contributed by atoms with Crippen LogP contribution in [0.4, 0.5) is 11.4 Å². The molecular formula is C16H17ClN2O6S. The molecule has 2 aromatic carbocycles. The number of nitro groups is 1. The smallest absolute Gasteiger partial charge is 0.271 e. The number of nitrogens with one attached hydrogen (secondary N) is 1. The Bertz CT molecular complexity index is 975. The number of nitro benzene ring substituents is 1. The molecule has 0 atom stereocenters. The van der Waals surface area contributed by atoms with Crippen molar-refractivity contribution in [3.8, 4) is 11.5 Å². The van der Waals surface area contributed by atoms with Crippen LogP contribution < -0.4 is 14.2 Å². The van der Waals surface area contributed by atoms with Gasteiger partial charge in [0.1, 0.15) is 11.5 Å². The van der Waals surface area contributed by atoms with Crippen LogP contribution in [0.3, 0.4) is 0 Å². The predicted molar refractivity (Wildman–Crippen MR) is 97.9 cm³/mol. The molecule has 26 heavy (non-hydrogen) atoms.